The van der Waals surface area contributed by atoms with E-state index in [0.29, 0.717) is 11.5 Å². The number of nitrogens with zero attached hydrogens (tertiary/aromatic N) is 2. The molecule has 0 aliphatic heterocycles. The van der Waals surface area contributed by atoms with Crippen LogP contribution in [0.2, 0.25) is 0 Å². The summed E-state index contributed by atoms with van der Waals surface area (Å²) in [5.41, 5.74) is 3.05. The molecule has 8 nitrogen and oxygen atoms in total. The fraction of sp³-hybridized carbons (Fsp3) is 0.0769. The number of hydrazine groups is 1. The molecule has 21 heavy (non-hydrogen) atoms. The third-order valence-corrected chi connectivity index (χ3v) is 2.73. The number of carbonyl (C=O) groups excluding carboxylic acids is 1. The van der Waals surface area contributed by atoms with Gasteiger partial charge in [0.25, 0.3) is 11.6 Å². The summed E-state index contributed by atoms with van der Waals surface area (Å²) >= 11 is 0. The Labute approximate surface area is 120 Å². The fourth-order valence-corrected chi connectivity index (χ4v) is 1.76. The molecule has 1 heterocycles. The lowest BCUT2D eigenvalue weighted by molar-refractivity contribution is -0.385. The highest BCUT2D eigenvalue weighted by Gasteiger charge is 2.21. The van der Waals surface area contributed by atoms with Crippen molar-refractivity contribution in [3.63, 3.8) is 0 Å². The zero-order valence-corrected chi connectivity index (χ0v) is 11.2. The normalized spacial score (nSPS) is 10.0. The van der Waals surface area contributed by atoms with Gasteiger partial charge >= 0.3 is 0 Å². The van der Waals surface area contributed by atoms with Crippen LogP contribution >= 0.6 is 0 Å². The van der Waals surface area contributed by atoms with Crippen LogP contribution in [-0.2, 0) is 0 Å². The van der Waals surface area contributed by atoms with Gasteiger partial charge in [-0.05, 0) is 31.2 Å². The highest BCUT2D eigenvalue weighted by Crippen LogP contribution is 2.23. The minimum absolute atomic E-state index is 0.0984. The Bertz CT molecular complexity index is 702. The molecule has 2 aromatic rings. The van der Waals surface area contributed by atoms with Crippen LogP contribution in [0.1, 0.15) is 16.1 Å². The number of nitro groups is 1. The summed E-state index contributed by atoms with van der Waals surface area (Å²) in [5, 5.41) is 13.5. The molecule has 0 bridgehead atoms. The summed E-state index contributed by atoms with van der Waals surface area (Å²) in [6.45, 7) is 1.77. The second-order valence-corrected chi connectivity index (χ2v) is 4.25. The maximum Gasteiger partial charge on any atom is 0.282 e. The van der Waals surface area contributed by atoms with Gasteiger partial charge in [-0.1, -0.05) is 6.07 Å². The van der Waals surface area contributed by atoms with E-state index in [1.165, 1.54) is 18.2 Å². The van der Waals surface area contributed by atoms with Crippen molar-refractivity contribution in [2.75, 3.05) is 10.7 Å². The number of nitrogens with two attached hydrogens (primary N) is 1. The van der Waals surface area contributed by atoms with E-state index in [1.807, 2.05) is 0 Å². The highest BCUT2D eigenvalue weighted by atomic mass is 16.6. The molecule has 1 amide bonds. The number of amides is 1. The monoisotopic (exact) mass is 287 g/mol. The molecule has 8 heteroatoms. The number of nitrogens with one attached hydrogen (secondary N) is 2. The minimum Gasteiger partial charge on any atom is -0.324 e. The van der Waals surface area contributed by atoms with Crippen LogP contribution in [0.4, 0.5) is 17.2 Å². The molecule has 2 rings (SSSR count). The van der Waals surface area contributed by atoms with Gasteiger partial charge in [-0.3, -0.25) is 20.8 Å². The van der Waals surface area contributed by atoms with E-state index < -0.39 is 10.8 Å². The van der Waals surface area contributed by atoms with E-state index in [-0.39, 0.29) is 11.3 Å². The Morgan fingerprint density at radius 3 is 2.71 bits per heavy atom. The zero-order chi connectivity index (χ0) is 15.4. The Morgan fingerprint density at radius 1 is 1.33 bits per heavy atom. The first-order valence-electron chi connectivity index (χ1n) is 6.01. The van der Waals surface area contributed by atoms with Crippen molar-refractivity contribution < 1.29 is 9.72 Å². The van der Waals surface area contributed by atoms with E-state index in [9.17, 15) is 14.9 Å². The summed E-state index contributed by atoms with van der Waals surface area (Å²) < 4.78 is 0. The van der Waals surface area contributed by atoms with Crippen molar-refractivity contribution in [2.45, 2.75) is 6.92 Å². The number of nitro benzene ring substituents is 1. The molecule has 0 radical (unpaired) electrons. The Balaban J connectivity index is 2.35. The number of carbonyl (C=O) groups is 1. The van der Waals surface area contributed by atoms with Gasteiger partial charge in [-0.2, -0.15) is 0 Å². The molecule has 0 saturated heterocycles. The van der Waals surface area contributed by atoms with Crippen LogP contribution in [0, 0.1) is 17.0 Å². The van der Waals surface area contributed by atoms with Gasteiger partial charge in [0.05, 0.1) is 4.92 Å². The third kappa shape index (κ3) is 3.31. The number of rotatable bonds is 4. The van der Waals surface area contributed by atoms with Crippen LogP contribution in [0.25, 0.3) is 0 Å². The zero-order valence-electron chi connectivity index (χ0n) is 11.2. The van der Waals surface area contributed by atoms with Crippen LogP contribution < -0.4 is 16.6 Å². The quantitative estimate of drug-likeness (QED) is 0.448. The van der Waals surface area contributed by atoms with E-state index in [0.717, 1.165) is 5.69 Å². The van der Waals surface area contributed by atoms with Gasteiger partial charge in [0.2, 0.25) is 0 Å². The second-order valence-electron chi connectivity index (χ2n) is 4.25. The van der Waals surface area contributed by atoms with Gasteiger partial charge in [0.1, 0.15) is 11.4 Å². The van der Waals surface area contributed by atoms with Crippen LogP contribution in [0.5, 0.6) is 0 Å². The van der Waals surface area contributed by atoms with Gasteiger partial charge < -0.3 is 10.7 Å². The van der Waals surface area contributed by atoms with Gasteiger partial charge in [0.15, 0.2) is 0 Å². The predicted molar refractivity (Wildman–Crippen MR) is 77.8 cm³/mol. The molecular weight excluding hydrogens is 274 g/mol. The lowest BCUT2D eigenvalue weighted by Gasteiger charge is -2.07. The SMILES string of the molecule is Cc1cccc(NC(=O)c2cc(NN)ccc2[N+](=O)[O-])n1. The Hall–Kier alpha value is -3.00. The lowest BCUT2D eigenvalue weighted by atomic mass is 10.1. The summed E-state index contributed by atoms with van der Waals surface area (Å²) in [7, 11) is 0. The summed E-state index contributed by atoms with van der Waals surface area (Å²) in [6.07, 6.45) is 0. The van der Waals surface area contributed by atoms with Crippen molar-refractivity contribution in [3.05, 3.63) is 57.8 Å². The Morgan fingerprint density at radius 2 is 2.10 bits per heavy atom. The molecule has 1 aromatic heterocycles. The summed E-state index contributed by atoms with van der Waals surface area (Å²) in [4.78, 5) is 26.7. The van der Waals surface area contributed by atoms with Crippen molar-refractivity contribution in [1.82, 2.24) is 4.98 Å². The second kappa shape index (κ2) is 5.97. The average molecular weight is 287 g/mol. The molecule has 0 saturated carbocycles. The van der Waals surface area contributed by atoms with Gasteiger partial charge in [-0.15, -0.1) is 0 Å². The topological polar surface area (TPSA) is 123 Å². The largest absolute Gasteiger partial charge is 0.324 e. The van der Waals surface area contributed by atoms with E-state index in [1.54, 1.807) is 25.1 Å². The number of nitrogen functional groups attached to an aromatic ring is 1. The van der Waals surface area contributed by atoms with E-state index >= 15 is 0 Å². The van der Waals surface area contributed by atoms with E-state index in [2.05, 4.69) is 15.7 Å². The molecule has 1 aromatic carbocycles. The van der Waals surface area contributed by atoms with Gasteiger partial charge in [-0.25, -0.2) is 4.98 Å². The number of aryl methyl sites for hydroxylation is 1. The predicted octanol–water partition coefficient (Wildman–Crippen LogP) is 1.84. The first-order chi connectivity index (χ1) is 10.0. The minimum atomic E-state index is -0.628. The number of anilines is 2. The van der Waals surface area contributed by atoms with Gasteiger partial charge in [0, 0.05) is 17.4 Å². The molecule has 0 aliphatic carbocycles. The van der Waals surface area contributed by atoms with Crippen molar-refractivity contribution in [1.29, 1.82) is 0 Å². The molecule has 0 atom stereocenters. The van der Waals surface area contributed by atoms with Crippen molar-refractivity contribution in [3.8, 4) is 0 Å². The molecule has 0 unspecified atom stereocenters. The molecule has 0 aliphatic rings. The third-order valence-electron chi connectivity index (χ3n) is 2.73. The van der Waals surface area contributed by atoms with Crippen LogP contribution in [0.3, 0.4) is 0 Å². The average Bonchev–Trinajstić information content (AvgIpc) is 2.46. The smallest absolute Gasteiger partial charge is 0.282 e. The molecule has 4 N–H and O–H groups in total. The first-order valence-corrected chi connectivity index (χ1v) is 6.01. The van der Waals surface area contributed by atoms with Crippen molar-refractivity contribution in [2.24, 2.45) is 5.84 Å². The maximum absolute atomic E-state index is 12.2. The number of aromatic nitrogens is 1. The maximum atomic E-state index is 12.2. The summed E-state index contributed by atoms with van der Waals surface area (Å²) in [6, 6.07) is 9.04. The van der Waals surface area contributed by atoms with Crippen LogP contribution in [0.15, 0.2) is 36.4 Å². The van der Waals surface area contributed by atoms with E-state index in [4.69, 9.17) is 5.84 Å². The first kappa shape index (κ1) is 14.4. The van der Waals surface area contributed by atoms with Crippen molar-refractivity contribution >= 4 is 23.1 Å². The standard InChI is InChI=1S/C13H13N5O3/c1-8-3-2-4-12(15-8)16-13(19)10-7-9(17-14)5-6-11(10)18(20)21/h2-7,17H,14H2,1H3,(H,15,16,19). The fourth-order valence-electron chi connectivity index (χ4n) is 1.76. The molecular formula is C13H13N5O3. The highest BCUT2D eigenvalue weighted by molar-refractivity contribution is 6.07. The number of pyridine rings is 1. The van der Waals surface area contributed by atoms with Crippen LogP contribution in [-0.4, -0.2) is 15.8 Å². The molecule has 0 fully saturated rings. The summed E-state index contributed by atoms with van der Waals surface area (Å²) in [5.74, 6) is 4.95. The Kier molecular flexibility index (Phi) is 4.10. The lowest BCUT2D eigenvalue weighted by Crippen LogP contribution is -2.16. The molecule has 0 spiro atoms. The number of hydrogen-bond acceptors (Lipinski definition) is 6. The number of benzene rings is 1. The number of hydrogen-bond donors (Lipinski definition) is 3. The molecule has 108 valence electrons.